The van der Waals surface area contributed by atoms with Crippen molar-refractivity contribution in [2.45, 2.75) is 118 Å². The molecule has 1 unspecified atom stereocenters. The molecule has 0 heterocycles. The number of aliphatic hydroxyl groups excluding tert-OH is 1. The Labute approximate surface area is 180 Å². The molecule has 3 saturated carbocycles. The van der Waals surface area contributed by atoms with E-state index in [0.717, 1.165) is 30.1 Å². The fraction of sp³-hybridized carbons (Fsp3) is 0.929. The van der Waals surface area contributed by atoms with Gasteiger partial charge in [0.25, 0.3) is 0 Å². The van der Waals surface area contributed by atoms with Gasteiger partial charge in [-0.15, -0.1) is 0 Å². The number of allylic oxidation sites excluding steroid dienone is 2. The molecule has 0 amide bonds. The van der Waals surface area contributed by atoms with E-state index in [-0.39, 0.29) is 6.10 Å². The van der Waals surface area contributed by atoms with Crippen molar-refractivity contribution in [2.75, 3.05) is 0 Å². The van der Waals surface area contributed by atoms with Crippen LogP contribution in [0.25, 0.3) is 0 Å². The largest absolute Gasteiger partial charge is 0.393 e. The van der Waals surface area contributed by atoms with Crippen molar-refractivity contribution in [2.24, 2.45) is 45.8 Å². The van der Waals surface area contributed by atoms with Crippen LogP contribution in [0.15, 0.2) is 11.1 Å². The van der Waals surface area contributed by atoms with Crippen molar-refractivity contribution < 1.29 is 5.11 Å². The van der Waals surface area contributed by atoms with Gasteiger partial charge in [-0.05, 0) is 104 Å². The van der Waals surface area contributed by atoms with Crippen LogP contribution in [-0.4, -0.2) is 11.2 Å². The molecule has 0 radical (unpaired) electrons. The van der Waals surface area contributed by atoms with Gasteiger partial charge in [-0.25, -0.2) is 0 Å². The Kier molecular flexibility index (Phi) is 4.86. The van der Waals surface area contributed by atoms with E-state index in [1.165, 1.54) is 70.6 Å². The van der Waals surface area contributed by atoms with Crippen LogP contribution in [-0.2, 0) is 0 Å². The van der Waals surface area contributed by atoms with Gasteiger partial charge in [0, 0.05) is 0 Å². The lowest BCUT2D eigenvalue weighted by Crippen LogP contribution is -2.47. The highest BCUT2D eigenvalue weighted by Crippen LogP contribution is 2.78. The van der Waals surface area contributed by atoms with Crippen LogP contribution >= 0.6 is 0 Å². The maximum Gasteiger partial charge on any atom is 0.0574 e. The predicted octanol–water partition coefficient (Wildman–Crippen LogP) is 7.53. The summed E-state index contributed by atoms with van der Waals surface area (Å²) in [7, 11) is 0. The van der Waals surface area contributed by atoms with Gasteiger partial charge in [0.15, 0.2) is 0 Å². The van der Waals surface area contributed by atoms with Crippen molar-refractivity contribution in [3.63, 3.8) is 0 Å². The number of aliphatic hydroxyl groups is 1. The van der Waals surface area contributed by atoms with Crippen LogP contribution in [0.2, 0.25) is 0 Å². The Morgan fingerprint density at radius 3 is 2.52 bits per heavy atom. The summed E-state index contributed by atoms with van der Waals surface area (Å²) in [5, 5.41) is 10.5. The van der Waals surface area contributed by atoms with E-state index in [0.29, 0.717) is 22.2 Å². The van der Waals surface area contributed by atoms with Crippen molar-refractivity contribution >= 4 is 0 Å². The summed E-state index contributed by atoms with van der Waals surface area (Å²) in [5.74, 6) is 4.20. The molecule has 1 nitrogen and oxygen atoms in total. The van der Waals surface area contributed by atoms with E-state index in [4.69, 9.17) is 0 Å². The highest BCUT2D eigenvalue weighted by atomic mass is 16.3. The van der Waals surface area contributed by atoms with Crippen molar-refractivity contribution in [3.05, 3.63) is 11.1 Å². The van der Waals surface area contributed by atoms with Crippen molar-refractivity contribution in [3.8, 4) is 0 Å². The van der Waals surface area contributed by atoms with Crippen molar-refractivity contribution in [1.82, 2.24) is 0 Å². The normalized spacial score (nSPS) is 49.3. The minimum absolute atomic E-state index is 0.00151. The van der Waals surface area contributed by atoms with Crippen LogP contribution in [0.5, 0.6) is 0 Å². The van der Waals surface area contributed by atoms with E-state index in [9.17, 15) is 5.11 Å². The molecule has 5 rings (SSSR count). The Balaban J connectivity index is 1.38. The highest BCUT2D eigenvalue weighted by molar-refractivity contribution is 5.40. The minimum atomic E-state index is 0.00151. The van der Waals surface area contributed by atoms with Gasteiger partial charge < -0.3 is 5.11 Å². The monoisotopic (exact) mass is 398 g/mol. The topological polar surface area (TPSA) is 20.2 Å². The third-order valence-electron chi connectivity index (χ3n) is 11.4. The molecular formula is C28H46O. The van der Waals surface area contributed by atoms with Crippen LogP contribution in [0.1, 0.15) is 112 Å². The van der Waals surface area contributed by atoms with Gasteiger partial charge >= 0.3 is 0 Å². The summed E-state index contributed by atoms with van der Waals surface area (Å²) in [6.07, 6.45) is 16.4. The standard InChI is InChI=1S/C28H46O/c1-18(2)7-6-8-19(3)21-9-10-22-20-11-16-28-17-24(28)25(29)13-15-27(28,5)23(20)12-14-26(21,22)4/h18-19,21-22,24-25,29H,6-17H2,1-5H3/t19-,21-,22?,24+,25+,26-,27-,28+/m1/s1. The van der Waals surface area contributed by atoms with Crippen molar-refractivity contribution in [1.29, 1.82) is 0 Å². The Hall–Kier alpha value is -0.300. The molecule has 3 fully saturated rings. The first-order valence-corrected chi connectivity index (χ1v) is 13.1. The quantitative estimate of drug-likeness (QED) is 0.474. The Morgan fingerprint density at radius 2 is 1.76 bits per heavy atom. The molecule has 164 valence electrons. The number of fused-ring (bicyclic) bond motifs is 3. The van der Waals surface area contributed by atoms with Crippen LogP contribution < -0.4 is 0 Å². The third-order valence-corrected chi connectivity index (χ3v) is 11.4. The first-order chi connectivity index (χ1) is 13.7. The molecule has 1 N–H and O–H groups in total. The third kappa shape index (κ3) is 2.81. The molecule has 5 aliphatic carbocycles. The second-order valence-electron chi connectivity index (χ2n) is 13.0. The van der Waals surface area contributed by atoms with E-state index in [1.54, 1.807) is 0 Å². The average Bonchev–Trinajstić information content (AvgIpc) is 3.31. The maximum absolute atomic E-state index is 10.5. The smallest absolute Gasteiger partial charge is 0.0574 e. The molecule has 5 aliphatic rings. The zero-order valence-electron chi connectivity index (χ0n) is 19.9. The molecule has 0 aromatic heterocycles. The second kappa shape index (κ2) is 6.85. The maximum atomic E-state index is 10.5. The fourth-order valence-corrected chi connectivity index (χ4v) is 9.63. The molecule has 0 aromatic rings. The minimum Gasteiger partial charge on any atom is -0.393 e. The number of hydrogen-bond acceptors (Lipinski definition) is 1. The lowest BCUT2D eigenvalue weighted by Gasteiger charge is -2.55. The fourth-order valence-electron chi connectivity index (χ4n) is 9.63. The first kappa shape index (κ1) is 20.6. The van der Waals surface area contributed by atoms with E-state index >= 15 is 0 Å². The van der Waals surface area contributed by atoms with E-state index in [2.05, 4.69) is 34.6 Å². The van der Waals surface area contributed by atoms with Gasteiger partial charge in [0.05, 0.1) is 6.10 Å². The predicted molar refractivity (Wildman–Crippen MR) is 122 cm³/mol. The zero-order chi connectivity index (χ0) is 20.6. The van der Waals surface area contributed by atoms with Gasteiger partial charge in [0.1, 0.15) is 0 Å². The van der Waals surface area contributed by atoms with E-state index < -0.39 is 0 Å². The summed E-state index contributed by atoms with van der Waals surface area (Å²) in [5.41, 5.74) is 5.32. The van der Waals surface area contributed by atoms with E-state index in [1.807, 2.05) is 11.1 Å². The summed E-state index contributed by atoms with van der Waals surface area (Å²) < 4.78 is 0. The van der Waals surface area contributed by atoms with Gasteiger partial charge in [-0.1, -0.05) is 65.0 Å². The number of hydrogen-bond donors (Lipinski definition) is 1. The van der Waals surface area contributed by atoms with Crippen LogP contribution in [0.4, 0.5) is 0 Å². The van der Waals surface area contributed by atoms with Gasteiger partial charge in [-0.2, -0.15) is 0 Å². The number of rotatable bonds is 5. The van der Waals surface area contributed by atoms with Crippen LogP contribution in [0, 0.1) is 45.8 Å². The van der Waals surface area contributed by atoms with Gasteiger partial charge in [0.2, 0.25) is 0 Å². The van der Waals surface area contributed by atoms with Gasteiger partial charge in [-0.3, -0.25) is 0 Å². The molecule has 1 heteroatoms. The lowest BCUT2D eigenvalue weighted by atomic mass is 9.49. The molecule has 0 aromatic carbocycles. The summed E-state index contributed by atoms with van der Waals surface area (Å²) in [6, 6.07) is 0. The lowest BCUT2D eigenvalue weighted by molar-refractivity contribution is 0.00539. The molecule has 0 aliphatic heterocycles. The molecule has 0 bridgehead atoms. The zero-order valence-corrected chi connectivity index (χ0v) is 19.9. The van der Waals surface area contributed by atoms with Crippen LogP contribution in [0.3, 0.4) is 0 Å². The first-order valence-electron chi connectivity index (χ1n) is 13.1. The summed E-state index contributed by atoms with van der Waals surface area (Å²) in [4.78, 5) is 0. The summed E-state index contributed by atoms with van der Waals surface area (Å²) >= 11 is 0. The highest BCUT2D eigenvalue weighted by Gasteiger charge is 2.71. The summed E-state index contributed by atoms with van der Waals surface area (Å²) in [6.45, 7) is 12.6. The molecular weight excluding hydrogens is 352 g/mol. The molecule has 0 saturated heterocycles. The molecule has 1 spiro atoms. The molecule has 8 atom stereocenters. The average molecular weight is 399 g/mol. The Morgan fingerprint density at radius 1 is 0.966 bits per heavy atom. The molecule has 29 heavy (non-hydrogen) atoms. The SMILES string of the molecule is CC(C)CCC[C@@H](C)[C@H]1CCC2C3=C(CC[C@@]21C)[C@@]1(C)CC[C@H](O)[C@@H]2C[C@@]21CC3. The Bertz CT molecular complexity index is 690. The second-order valence-corrected chi connectivity index (χ2v) is 13.0.